The summed E-state index contributed by atoms with van der Waals surface area (Å²) in [7, 11) is 3.85. The number of hydrogen-bond acceptors (Lipinski definition) is 9. The normalized spacial score (nSPS) is 13.2. The fraction of sp³-hybridized carbons (Fsp3) is 0.393. The standard InChI is InChI=1S/C28H31N5O4S2/c1-5-20(25(35)31-26-22(27(36)37-6-2)18-9-7-8-10-21(18)38-26)39-28-30-23(19(15-29)24(34)32-28)16-11-13-17(14-12-16)33(3)4/h11-14,20H,5-10H2,1-4H3,(H,31,35)(H,30,32,34). The van der Waals surface area contributed by atoms with E-state index in [0.717, 1.165) is 53.6 Å². The van der Waals surface area contributed by atoms with Gasteiger partial charge in [-0.1, -0.05) is 30.8 Å². The number of nitrogens with zero attached hydrogens (tertiary/aromatic N) is 3. The van der Waals surface area contributed by atoms with Crippen LogP contribution in [-0.4, -0.2) is 47.8 Å². The zero-order valence-electron chi connectivity index (χ0n) is 22.4. The Morgan fingerprint density at radius 1 is 1.23 bits per heavy atom. The van der Waals surface area contributed by atoms with Crippen molar-refractivity contribution in [3.8, 4) is 17.3 Å². The Morgan fingerprint density at radius 3 is 2.59 bits per heavy atom. The highest BCUT2D eigenvalue weighted by Crippen LogP contribution is 2.39. The van der Waals surface area contributed by atoms with Gasteiger partial charge in [-0.05, 0) is 56.7 Å². The number of aryl methyl sites for hydroxylation is 1. The van der Waals surface area contributed by atoms with Crippen LogP contribution in [0.25, 0.3) is 11.3 Å². The molecule has 9 nitrogen and oxygen atoms in total. The van der Waals surface area contributed by atoms with Crippen molar-refractivity contribution in [1.82, 2.24) is 9.97 Å². The number of thiophene rings is 1. The lowest BCUT2D eigenvalue weighted by atomic mass is 9.95. The summed E-state index contributed by atoms with van der Waals surface area (Å²) in [5.74, 6) is -0.716. The highest BCUT2D eigenvalue weighted by atomic mass is 32.2. The summed E-state index contributed by atoms with van der Waals surface area (Å²) >= 11 is 2.55. The molecule has 0 saturated carbocycles. The molecule has 2 aromatic heterocycles. The van der Waals surface area contributed by atoms with Crippen LogP contribution in [0, 0.1) is 11.3 Å². The lowest BCUT2D eigenvalue weighted by Gasteiger charge is -2.16. The van der Waals surface area contributed by atoms with Gasteiger partial charge in [0.2, 0.25) is 5.91 Å². The minimum absolute atomic E-state index is 0.0855. The van der Waals surface area contributed by atoms with Crippen LogP contribution >= 0.6 is 23.1 Å². The van der Waals surface area contributed by atoms with Crippen molar-refractivity contribution >= 4 is 45.7 Å². The molecule has 0 bridgehead atoms. The monoisotopic (exact) mass is 565 g/mol. The molecule has 0 radical (unpaired) electrons. The van der Waals surface area contributed by atoms with E-state index in [1.807, 2.05) is 56.3 Å². The molecule has 3 aromatic rings. The minimum Gasteiger partial charge on any atom is -0.462 e. The lowest BCUT2D eigenvalue weighted by Crippen LogP contribution is -2.26. The Balaban J connectivity index is 1.61. The van der Waals surface area contributed by atoms with Crippen molar-refractivity contribution in [2.24, 2.45) is 0 Å². The minimum atomic E-state index is -0.598. The molecule has 1 aliphatic rings. The molecule has 11 heteroatoms. The Morgan fingerprint density at radius 2 is 1.95 bits per heavy atom. The Hall–Kier alpha value is -3.62. The second-order valence-corrected chi connectivity index (χ2v) is 11.6. The predicted octanol–water partition coefficient (Wildman–Crippen LogP) is 5.00. The van der Waals surface area contributed by atoms with Gasteiger partial charge < -0.3 is 19.9 Å². The van der Waals surface area contributed by atoms with Gasteiger partial charge in [0, 0.05) is 30.2 Å². The second-order valence-electron chi connectivity index (χ2n) is 9.29. The molecule has 0 spiro atoms. The van der Waals surface area contributed by atoms with E-state index in [2.05, 4.69) is 15.3 Å². The zero-order valence-corrected chi connectivity index (χ0v) is 24.1. The van der Waals surface area contributed by atoms with E-state index in [0.29, 0.717) is 22.5 Å². The Bertz CT molecular complexity index is 1470. The maximum atomic E-state index is 13.4. The van der Waals surface area contributed by atoms with Crippen LogP contribution in [0.2, 0.25) is 0 Å². The number of amides is 1. The van der Waals surface area contributed by atoms with Crippen LogP contribution < -0.4 is 15.8 Å². The van der Waals surface area contributed by atoms with Crippen molar-refractivity contribution in [3.05, 3.63) is 56.2 Å². The van der Waals surface area contributed by atoms with Gasteiger partial charge in [-0.2, -0.15) is 5.26 Å². The molecule has 2 heterocycles. The third-order valence-electron chi connectivity index (χ3n) is 6.47. The molecular formula is C28H31N5O4S2. The number of hydrogen-bond donors (Lipinski definition) is 2. The molecule has 0 aliphatic heterocycles. The van der Waals surface area contributed by atoms with E-state index in [1.54, 1.807) is 6.92 Å². The average molecular weight is 566 g/mol. The van der Waals surface area contributed by atoms with Crippen LogP contribution in [0.5, 0.6) is 0 Å². The molecule has 0 fully saturated rings. The van der Waals surface area contributed by atoms with Gasteiger partial charge in [0.1, 0.15) is 16.6 Å². The van der Waals surface area contributed by atoms with Crippen LogP contribution in [0.1, 0.15) is 59.5 Å². The van der Waals surface area contributed by atoms with E-state index in [4.69, 9.17) is 4.74 Å². The number of H-pyrrole nitrogens is 1. The number of carbonyl (C=O) groups is 2. The third-order valence-corrected chi connectivity index (χ3v) is 8.93. The fourth-order valence-corrected chi connectivity index (χ4v) is 6.64. The topological polar surface area (TPSA) is 128 Å². The predicted molar refractivity (Wildman–Crippen MR) is 155 cm³/mol. The van der Waals surface area contributed by atoms with E-state index in [1.165, 1.54) is 11.3 Å². The van der Waals surface area contributed by atoms with E-state index in [9.17, 15) is 19.6 Å². The molecule has 1 aliphatic carbocycles. The SMILES string of the molecule is CCOC(=O)c1c(NC(=O)C(CC)Sc2nc(-c3ccc(N(C)C)cc3)c(C#N)c(=O)[nH]2)sc2c1CCCC2. The van der Waals surface area contributed by atoms with Crippen molar-refractivity contribution < 1.29 is 14.3 Å². The van der Waals surface area contributed by atoms with Crippen molar-refractivity contribution in [1.29, 1.82) is 5.26 Å². The number of nitriles is 1. The van der Waals surface area contributed by atoms with Crippen molar-refractivity contribution in [2.45, 2.75) is 56.4 Å². The summed E-state index contributed by atoms with van der Waals surface area (Å²) < 4.78 is 5.30. The molecule has 4 rings (SSSR count). The summed E-state index contributed by atoms with van der Waals surface area (Å²) in [5.41, 5.74) is 2.65. The number of fused-ring (bicyclic) bond motifs is 1. The van der Waals surface area contributed by atoms with E-state index < -0.39 is 16.8 Å². The zero-order chi connectivity index (χ0) is 28.1. The lowest BCUT2D eigenvalue weighted by molar-refractivity contribution is -0.115. The van der Waals surface area contributed by atoms with Crippen LogP contribution in [0.4, 0.5) is 10.7 Å². The number of esters is 1. The molecular weight excluding hydrogens is 534 g/mol. The van der Waals surface area contributed by atoms with Crippen LogP contribution in [0.3, 0.4) is 0 Å². The molecule has 2 N–H and O–H groups in total. The molecule has 1 atom stereocenters. The maximum absolute atomic E-state index is 13.4. The summed E-state index contributed by atoms with van der Waals surface area (Å²) in [6, 6.07) is 9.35. The largest absolute Gasteiger partial charge is 0.462 e. The summed E-state index contributed by atoms with van der Waals surface area (Å²) in [6.45, 7) is 3.88. The Labute approximate surface area is 235 Å². The van der Waals surface area contributed by atoms with Crippen molar-refractivity contribution in [3.63, 3.8) is 0 Å². The van der Waals surface area contributed by atoms with Gasteiger partial charge in [0.05, 0.1) is 23.1 Å². The van der Waals surface area contributed by atoms with Gasteiger partial charge in [0.15, 0.2) is 5.16 Å². The highest BCUT2D eigenvalue weighted by Gasteiger charge is 2.29. The van der Waals surface area contributed by atoms with Gasteiger partial charge in [-0.15, -0.1) is 11.3 Å². The number of benzene rings is 1. The highest BCUT2D eigenvalue weighted by molar-refractivity contribution is 8.00. The van der Waals surface area contributed by atoms with Gasteiger partial charge in [0.25, 0.3) is 5.56 Å². The first-order valence-electron chi connectivity index (χ1n) is 12.9. The molecule has 1 amide bonds. The first-order valence-corrected chi connectivity index (χ1v) is 14.6. The second kappa shape index (κ2) is 12.5. The summed E-state index contributed by atoms with van der Waals surface area (Å²) in [6.07, 6.45) is 4.16. The number of carbonyl (C=O) groups excluding carboxylic acids is 2. The first kappa shape index (κ1) is 28.4. The number of aromatic nitrogens is 2. The fourth-order valence-electron chi connectivity index (χ4n) is 4.46. The quantitative estimate of drug-likeness (QED) is 0.211. The smallest absolute Gasteiger partial charge is 0.341 e. The number of rotatable bonds is 9. The van der Waals surface area contributed by atoms with Crippen molar-refractivity contribution in [2.75, 3.05) is 30.9 Å². The molecule has 204 valence electrons. The van der Waals surface area contributed by atoms with E-state index >= 15 is 0 Å². The number of nitrogens with one attached hydrogen (secondary N) is 2. The summed E-state index contributed by atoms with van der Waals surface area (Å²) in [4.78, 5) is 49.2. The molecule has 1 unspecified atom stereocenters. The molecule has 0 saturated heterocycles. The number of anilines is 2. The molecule has 39 heavy (non-hydrogen) atoms. The summed E-state index contributed by atoms with van der Waals surface area (Å²) in [5, 5.41) is 12.7. The van der Waals surface area contributed by atoms with E-state index in [-0.39, 0.29) is 28.9 Å². The van der Waals surface area contributed by atoms with Gasteiger partial charge in [-0.25, -0.2) is 9.78 Å². The average Bonchev–Trinajstić information content (AvgIpc) is 3.29. The number of thioether (sulfide) groups is 1. The number of aromatic amines is 1. The Kier molecular flexibility index (Phi) is 9.09. The van der Waals surface area contributed by atoms with Gasteiger partial charge >= 0.3 is 5.97 Å². The first-order chi connectivity index (χ1) is 18.8. The molecule has 1 aromatic carbocycles. The van der Waals surface area contributed by atoms with Crippen LogP contribution in [-0.2, 0) is 22.4 Å². The number of ether oxygens (including phenoxy) is 1. The maximum Gasteiger partial charge on any atom is 0.341 e. The van der Waals surface area contributed by atoms with Gasteiger partial charge in [-0.3, -0.25) is 9.59 Å². The van der Waals surface area contributed by atoms with Crippen LogP contribution in [0.15, 0.2) is 34.2 Å². The third kappa shape index (κ3) is 6.18.